The molecule has 0 fully saturated rings. The van der Waals surface area contributed by atoms with Gasteiger partial charge in [-0.1, -0.05) is 25.6 Å². The van der Waals surface area contributed by atoms with Crippen LogP contribution < -0.4 is 5.32 Å². The first kappa shape index (κ1) is 18.4. The predicted octanol–water partition coefficient (Wildman–Crippen LogP) is 2.57. The molecule has 0 bridgehead atoms. The Balaban J connectivity index is 1.86. The van der Waals surface area contributed by atoms with E-state index in [2.05, 4.69) is 26.6 Å². The van der Waals surface area contributed by atoms with E-state index in [1.807, 2.05) is 26.2 Å². The third-order valence-electron chi connectivity index (χ3n) is 3.56. The molecule has 2 rings (SSSR count). The van der Waals surface area contributed by atoms with Gasteiger partial charge in [0.1, 0.15) is 5.54 Å². The van der Waals surface area contributed by atoms with Gasteiger partial charge < -0.3 is 9.73 Å². The van der Waals surface area contributed by atoms with E-state index >= 15 is 0 Å². The summed E-state index contributed by atoms with van der Waals surface area (Å²) in [7, 11) is 0. The van der Waals surface area contributed by atoms with Gasteiger partial charge in [-0.25, -0.2) is 4.98 Å². The van der Waals surface area contributed by atoms with E-state index < -0.39 is 5.54 Å². The zero-order valence-corrected chi connectivity index (χ0v) is 15.6. The maximum atomic E-state index is 12.0. The molecule has 0 radical (unpaired) electrons. The van der Waals surface area contributed by atoms with Gasteiger partial charge in [0.25, 0.3) is 5.22 Å². The van der Waals surface area contributed by atoms with E-state index in [0.717, 1.165) is 22.5 Å². The Kier molecular flexibility index (Phi) is 5.96. The topological polar surface area (TPSA) is 105 Å². The van der Waals surface area contributed by atoms with Crippen LogP contribution in [0.3, 0.4) is 0 Å². The van der Waals surface area contributed by atoms with Gasteiger partial charge in [0, 0.05) is 5.38 Å². The molecule has 0 aliphatic carbocycles. The van der Waals surface area contributed by atoms with Crippen LogP contribution in [-0.4, -0.2) is 32.4 Å². The van der Waals surface area contributed by atoms with Crippen molar-refractivity contribution in [2.45, 2.75) is 44.9 Å². The Hall–Kier alpha value is -1.92. The Bertz CT molecular complexity index is 749. The number of amides is 1. The van der Waals surface area contributed by atoms with E-state index in [1.165, 1.54) is 0 Å². The summed E-state index contributed by atoms with van der Waals surface area (Å²) in [5.41, 5.74) is -0.00250. The average molecular weight is 365 g/mol. The smallest absolute Gasteiger partial charge is 0.277 e. The molecule has 0 aliphatic heterocycles. The SMILES string of the molecule is Cc1nc(Cc2nnc(SCC(=O)N[C@@](C)(C#N)C(C)C)o2)cs1. The van der Waals surface area contributed by atoms with Crippen molar-refractivity contribution in [1.82, 2.24) is 20.5 Å². The maximum Gasteiger partial charge on any atom is 0.277 e. The number of rotatable bonds is 7. The largest absolute Gasteiger partial charge is 0.416 e. The first-order valence-electron chi connectivity index (χ1n) is 7.41. The van der Waals surface area contributed by atoms with Crippen LogP contribution in [-0.2, 0) is 11.2 Å². The minimum Gasteiger partial charge on any atom is -0.416 e. The second kappa shape index (κ2) is 7.77. The summed E-state index contributed by atoms with van der Waals surface area (Å²) in [6, 6.07) is 2.14. The number of nitrogens with zero attached hydrogens (tertiary/aromatic N) is 4. The highest BCUT2D eigenvalue weighted by Crippen LogP contribution is 2.20. The molecule has 0 spiro atoms. The lowest BCUT2D eigenvalue weighted by molar-refractivity contribution is -0.120. The molecule has 2 aromatic rings. The van der Waals surface area contributed by atoms with E-state index in [1.54, 1.807) is 18.3 Å². The van der Waals surface area contributed by atoms with Crippen molar-refractivity contribution < 1.29 is 9.21 Å². The Morgan fingerprint density at radius 1 is 1.54 bits per heavy atom. The predicted molar refractivity (Wildman–Crippen MR) is 91.7 cm³/mol. The normalized spacial score (nSPS) is 13.5. The first-order valence-corrected chi connectivity index (χ1v) is 9.27. The fourth-order valence-corrected chi connectivity index (χ4v) is 2.96. The van der Waals surface area contributed by atoms with Gasteiger partial charge in [-0.05, 0) is 19.8 Å². The van der Waals surface area contributed by atoms with Crippen LogP contribution in [0, 0.1) is 24.2 Å². The van der Waals surface area contributed by atoms with Crippen LogP contribution in [0.4, 0.5) is 0 Å². The summed E-state index contributed by atoms with van der Waals surface area (Å²) in [6.07, 6.45) is 0.476. The number of hydrogen-bond acceptors (Lipinski definition) is 8. The molecule has 128 valence electrons. The van der Waals surface area contributed by atoms with Crippen LogP contribution in [0.5, 0.6) is 0 Å². The first-order chi connectivity index (χ1) is 11.3. The van der Waals surface area contributed by atoms with Crippen molar-refractivity contribution in [1.29, 1.82) is 5.26 Å². The number of aromatic nitrogens is 3. The van der Waals surface area contributed by atoms with Gasteiger partial charge in [-0.3, -0.25) is 4.79 Å². The van der Waals surface area contributed by atoms with Crippen molar-refractivity contribution in [2.24, 2.45) is 5.92 Å². The van der Waals surface area contributed by atoms with Crippen molar-refractivity contribution in [3.05, 3.63) is 22.0 Å². The Morgan fingerprint density at radius 3 is 2.88 bits per heavy atom. The molecule has 1 N–H and O–H groups in total. The quantitative estimate of drug-likeness (QED) is 0.752. The lowest BCUT2D eigenvalue weighted by Gasteiger charge is -2.27. The monoisotopic (exact) mass is 365 g/mol. The van der Waals surface area contributed by atoms with E-state index in [0.29, 0.717) is 17.5 Å². The van der Waals surface area contributed by atoms with Crippen LogP contribution in [0.25, 0.3) is 0 Å². The van der Waals surface area contributed by atoms with E-state index in [9.17, 15) is 10.1 Å². The second-order valence-corrected chi connectivity index (χ2v) is 7.79. The third-order valence-corrected chi connectivity index (χ3v) is 5.20. The van der Waals surface area contributed by atoms with Gasteiger partial charge >= 0.3 is 0 Å². The molecule has 9 heteroatoms. The fourth-order valence-electron chi connectivity index (χ4n) is 1.77. The summed E-state index contributed by atoms with van der Waals surface area (Å²) < 4.78 is 5.51. The number of thioether (sulfide) groups is 1. The molecule has 2 aromatic heterocycles. The number of nitriles is 1. The van der Waals surface area contributed by atoms with Crippen molar-refractivity contribution in [2.75, 3.05) is 5.75 Å². The van der Waals surface area contributed by atoms with Crippen molar-refractivity contribution in [3.63, 3.8) is 0 Å². The van der Waals surface area contributed by atoms with Gasteiger partial charge in [-0.2, -0.15) is 5.26 Å². The summed E-state index contributed by atoms with van der Waals surface area (Å²) in [5, 5.41) is 23.1. The van der Waals surface area contributed by atoms with E-state index in [4.69, 9.17) is 4.42 Å². The zero-order chi connectivity index (χ0) is 17.7. The maximum absolute atomic E-state index is 12.0. The molecule has 1 amide bonds. The number of carbonyl (C=O) groups excluding carboxylic acids is 1. The molecule has 24 heavy (non-hydrogen) atoms. The number of hydrogen-bond donors (Lipinski definition) is 1. The van der Waals surface area contributed by atoms with Gasteiger partial charge in [-0.15, -0.1) is 21.5 Å². The van der Waals surface area contributed by atoms with Crippen LogP contribution >= 0.6 is 23.1 Å². The molecular weight excluding hydrogens is 346 g/mol. The van der Waals surface area contributed by atoms with E-state index in [-0.39, 0.29) is 17.6 Å². The molecular formula is C15H19N5O2S2. The van der Waals surface area contributed by atoms with Crippen LogP contribution in [0.15, 0.2) is 15.0 Å². The summed E-state index contributed by atoms with van der Waals surface area (Å²) in [4.78, 5) is 16.4. The summed E-state index contributed by atoms with van der Waals surface area (Å²) in [6.45, 7) is 7.43. The van der Waals surface area contributed by atoms with Gasteiger partial charge in [0.15, 0.2) is 0 Å². The summed E-state index contributed by atoms with van der Waals surface area (Å²) >= 11 is 2.72. The lowest BCUT2D eigenvalue weighted by Crippen LogP contribution is -2.49. The average Bonchev–Trinajstić information content (AvgIpc) is 3.14. The standard InChI is InChI=1S/C15H19N5O2S2/c1-9(2)15(4,8-16)18-12(21)7-24-14-20-19-13(22-14)5-11-6-23-10(3)17-11/h6,9H,5,7H2,1-4H3,(H,18,21)/t15-/m0/s1. The van der Waals surface area contributed by atoms with Gasteiger partial charge in [0.05, 0.1) is 28.9 Å². The highest BCUT2D eigenvalue weighted by molar-refractivity contribution is 7.99. The highest BCUT2D eigenvalue weighted by atomic mass is 32.2. The number of aryl methyl sites for hydroxylation is 1. The molecule has 0 saturated heterocycles. The third kappa shape index (κ3) is 4.79. The van der Waals surface area contributed by atoms with Crippen LogP contribution in [0.2, 0.25) is 0 Å². The molecule has 0 aliphatic rings. The minimum atomic E-state index is -0.889. The number of carbonyl (C=O) groups is 1. The molecule has 2 heterocycles. The van der Waals surface area contributed by atoms with Gasteiger partial charge in [0.2, 0.25) is 11.8 Å². The lowest BCUT2D eigenvalue weighted by atomic mass is 9.90. The molecule has 0 aromatic carbocycles. The fraction of sp³-hybridized carbons (Fsp3) is 0.533. The van der Waals surface area contributed by atoms with Crippen molar-refractivity contribution >= 4 is 29.0 Å². The Labute approximate surface area is 148 Å². The second-order valence-electron chi connectivity index (χ2n) is 5.80. The highest BCUT2D eigenvalue weighted by Gasteiger charge is 2.30. The Morgan fingerprint density at radius 2 is 2.29 bits per heavy atom. The summed E-state index contributed by atoms with van der Waals surface area (Å²) in [5.74, 6) is 0.342. The molecule has 7 nitrogen and oxygen atoms in total. The zero-order valence-electron chi connectivity index (χ0n) is 14.0. The molecule has 0 saturated carbocycles. The van der Waals surface area contributed by atoms with Crippen LogP contribution in [0.1, 0.15) is 37.4 Å². The van der Waals surface area contributed by atoms with Crippen molar-refractivity contribution in [3.8, 4) is 6.07 Å². The number of thiazole rings is 1. The molecule has 1 atom stereocenters. The number of nitrogens with one attached hydrogen (secondary N) is 1. The molecule has 0 unspecified atom stereocenters. The minimum absolute atomic E-state index is 0.00743.